The first kappa shape index (κ1) is 38.3. The van der Waals surface area contributed by atoms with Crippen LogP contribution in [0, 0.1) is 3.57 Å². The number of pyridine rings is 2. The van der Waals surface area contributed by atoms with Crippen LogP contribution in [-0.4, -0.2) is 53.6 Å². The molecule has 1 atom stereocenters. The van der Waals surface area contributed by atoms with E-state index >= 15 is 0 Å². The number of halogens is 2. The predicted octanol–water partition coefficient (Wildman–Crippen LogP) is 8.82. The number of aliphatic hydroxyl groups excluding tert-OH is 1. The largest absolute Gasteiger partial charge is 0.480 e. The SMILES string of the molecule is CCc1[nH]c(-c2c(NCC(O)c3cccc(Cl)c3)cc[nH]c2=O)nc1-c1ccccc1.CCc1nc(-c2c(I)ccnc2OC)n(O)c1-c1ccccc1. The van der Waals surface area contributed by atoms with Crippen LogP contribution in [0.5, 0.6) is 5.88 Å². The molecule has 0 bridgehead atoms. The molecule has 13 heteroatoms. The molecule has 7 rings (SSSR count). The van der Waals surface area contributed by atoms with Gasteiger partial charge in [-0.3, -0.25) is 4.79 Å². The number of anilines is 1. The number of imidazole rings is 2. The number of hydrogen-bond acceptors (Lipinski definition) is 8. The van der Waals surface area contributed by atoms with E-state index in [1.165, 1.54) is 0 Å². The summed E-state index contributed by atoms with van der Waals surface area (Å²) in [6.07, 6.45) is 3.92. The lowest BCUT2D eigenvalue weighted by atomic mass is 10.1. The first-order chi connectivity index (χ1) is 26.2. The summed E-state index contributed by atoms with van der Waals surface area (Å²) in [6, 6.07) is 30.3. The van der Waals surface area contributed by atoms with E-state index in [1.807, 2.05) is 86.6 Å². The lowest BCUT2D eigenvalue weighted by Gasteiger charge is -2.15. The second-order valence-electron chi connectivity index (χ2n) is 12.1. The molecular weight excluding hydrogens is 817 g/mol. The molecule has 0 radical (unpaired) electrons. The normalized spacial score (nSPS) is 11.4. The lowest BCUT2D eigenvalue weighted by molar-refractivity contribution is 0.191. The number of aromatic nitrogens is 6. The summed E-state index contributed by atoms with van der Waals surface area (Å²) < 4.78 is 7.39. The highest BCUT2D eigenvalue weighted by Crippen LogP contribution is 2.36. The van der Waals surface area contributed by atoms with Crippen molar-refractivity contribution in [3.63, 3.8) is 0 Å². The van der Waals surface area contributed by atoms with Crippen LogP contribution in [0.4, 0.5) is 5.69 Å². The molecule has 5 N–H and O–H groups in total. The third-order valence-electron chi connectivity index (χ3n) is 8.69. The Hall–Kier alpha value is -5.44. The summed E-state index contributed by atoms with van der Waals surface area (Å²) in [4.78, 5) is 32.3. The number of benzene rings is 3. The second-order valence-corrected chi connectivity index (χ2v) is 13.7. The summed E-state index contributed by atoms with van der Waals surface area (Å²) in [5.41, 5.74) is 7.32. The molecular formula is C41H39ClIN7O4. The van der Waals surface area contributed by atoms with Crippen LogP contribution < -0.4 is 15.6 Å². The van der Waals surface area contributed by atoms with Crippen molar-refractivity contribution in [1.82, 2.24) is 29.7 Å². The number of aliphatic hydroxyl groups is 1. The summed E-state index contributed by atoms with van der Waals surface area (Å²) in [5, 5.41) is 25.0. The smallest absolute Gasteiger partial charge is 0.261 e. The van der Waals surface area contributed by atoms with Gasteiger partial charge >= 0.3 is 0 Å². The van der Waals surface area contributed by atoms with Crippen LogP contribution in [0.3, 0.4) is 0 Å². The fourth-order valence-electron chi connectivity index (χ4n) is 6.04. The molecule has 0 spiro atoms. The molecule has 1 unspecified atom stereocenters. The zero-order valence-electron chi connectivity index (χ0n) is 29.8. The Balaban J connectivity index is 0.000000193. The van der Waals surface area contributed by atoms with Crippen molar-refractivity contribution in [1.29, 1.82) is 0 Å². The molecule has 0 fully saturated rings. The van der Waals surface area contributed by atoms with Crippen molar-refractivity contribution in [3.8, 4) is 51.2 Å². The third-order valence-corrected chi connectivity index (χ3v) is 9.82. The lowest BCUT2D eigenvalue weighted by Crippen LogP contribution is -2.17. The summed E-state index contributed by atoms with van der Waals surface area (Å²) in [6.45, 7) is 4.27. The Morgan fingerprint density at radius 2 is 1.65 bits per heavy atom. The van der Waals surface area contributed by atoms with Crippen LogP contribution in [-0.2, 0) is 12.8 Å². The van der Waals surface area contributed by atoms with Gasteiger partial charge in [0.25, 0.3) is 5.56 Å². The van der Waals surface area contributed by atoms with Crippen molar-refractivity contribution in [2.45, 2.75) is 32.8 Å². The molecule has 4 heterocycles. The van der Waals surface area contributed by atoms with Gasteiger partial charge in [-0.25, -0.2) is 15.0 Å². The molecule has 0 saturated carbocycles. The number of nitrogens with zero attached hydrogens (tertiary/aromatic N) is 4. The fraction of sp³-hybridized carbons (Fsp3) is 0.171. The van der Waals surface area contributed by atoms with Gasteiger partial charge in [-0.1, -0.05) is 98.2 Å². The van der Waals surface area contributed by atoms with Crippen molar-refractivity contribution in [3.05, 3.63) is 145 Å². The van der Waals surface area contributed by atoms with Crippen molar-refractivity contribution in [2.75, 3.05) is 19.0 Å². The number of ether oxygens (including phenoxy) is 1. The molecule has 276 valence electrons. The number of rotatable bonds is 11. The van der Waals surface area contributed by atoms with Crippen LogP contribution in [0.1, 0.15) is 36.9 Å². The Labute approximate surface area is 331 Å². The maximum Gasteiger partial charge on any atom is 0.261 e. The molecule has 0 aliphatic heterocycles. The topological polar surface area (TPSA) is 154 Å². The van der Waals surface area contributed by atoms with Crippen molar-refractivity contribution >= 4 is 39.9 Å². The van der Waals surface area contributed by atoms with Gasteiger partial charge in [-0.2, -0.15) is 4.73 Å². The van der Waals surface area contributed by atoms with Gasteiger partial charge in [0.15, 0.2) is 5.82 Å². The average molecular weight is 856 g/mol. The van der Waals surface area contributed by atoms with Crippen molar-refractivity contribution in [2.24, 2.45) is 0 Å². The zero-order chi connectivity index (χ0) is 38.2. The molecule has 0 amide bonds. The molecule has 0 aliphatic carbocycles. The maximum absolute atomic E-state index is 12.7. The van der Waals surface area contributed by atoms with E-state index in [9.17, 15) is 15.1 Å². The Morgan fingerprint density at radius 1 is 0.926 bits per heavy atom. The zero-order valence-corrected chi connectivity index (χ0v) is 32.8. The number of nitrogens with one attached hydrogen (secondary N) is 3. The van der Waals surface area contributed by atoms with E-state index in [0.29, 0.717) is 57.0 Å². The quantitative estimate of drug-likeness (QED) is 0.0639. The first-order valence-electron chi connectivity index (χ1n) is 17.3. The summed E-state index contributed by atoms with van der Waals surface area (Å²) >= 11 is 8.22. The minimum atomic E-state index is -0.784. The van der Waals surface area contributed by atoms with Gasteiger partial charge in [0, 0.05) is 44.4 Å². The molecule has 7 aromatic rings. The average Bonchev–Trinajstić information content (AvgIpc) is 3.78. The second kappa shape index (κ2) is 17.6. The summed E-state index contributed by atoms with van der Waals surface area (Å²) in [5.74, 6) is 1.37. The highest BCUT2D eigenvalue weighted by atomic mass is 127. The molecule has 4 aromatic heterocycles. The van der Waals surface area contributed by atoms with E-state index in [1.54, 1.807) is 43.8 Å². The Kier molecular flexibility index (Phi) is 12.5. The number of aromatic amines is 2. The van der Waals surface area contributed by atoms with Crippen LogP contribution in [0.15, 0.2) is 114 Å². The fourth-order valence-corrected chi connectivity index (χ4v) is 6.88. The molecule has 3 aromatic carbocycles. The first-order valence-corrected chi connectivity index (χ1v) is 18.8. The number of H-pyrrole nitrogens is 2. The van der Waals surface area contributed by atoms with Gasteiger partial charge in [0.2, 0.25) is 5.88 Å². The van der Waals surface area contributed by atoms with Crippen LogP contribution in [0.25, 0.3) is 45.3 Å². The predicted molar refractivity (Wildman–Crippen MR) is 221 cm³/mol. The van der Waals surface area contributed by atoms with E-state index in [0.717, 1.165) is 42.9 Å². The van der Waals surface area contributed by atoms with Gasteiger partial charge < -0.3 is 30.3 Å². The highest BCUT2D eigenvalue weighted by molar-refractivity contribution is 14.1. The van der Waals surface area contributed by atoms with Crippen LogP contribution in [0.2, 0.25) is 5.02 Å². The molecule has 54 heavy (non-hydrogen) atoms. The molecule has 11 nitrogen and oxygen atoms in total. The van der Waals surface area contributed by atoms with E-state index in [-0.39, 0.29) is 12.1 Å². The van der Waals surface area contributed by atoms with Gasteiger partial charge in [0.05, 0.1) is 35.9 Å². The number of aryl methyl sites for hydroxylation is 2. The van der Waals surface area contributed by atoms with Crippen molar-refractivity contribution < 1.29 is 15.1 Å². The highest BCUT2D eigenvalue weighted by Gasteiger charge is 2.24. The summed E-state index contributed by atoms with van der Waals surface area (Å²) in [7, 11) is 1.56. The maximum atomic E-state index is 12.7. The van der Waals surface area contributed by atoms with E-state index in [2.05, 4.69) is 47.8 Å². The van der Waals surface area contributed by atoms with E-state index < -0.39 is 6.10 Å². The molecule has 0 saturated heterocycles. The van der Waals surface area contributed by atoms with Gasteiger partial charge in [-0.15, -0.1) is 0 Å². The Morgan fingerprint density at radius 3 is 2.31 bits per heavy atom. The Bertz CT molecular complexity index is 2400. The number of methoxy groups -OCH3 is 1. The number of hydrogen-bond donors (Lipinski definition) is 5. The minimum Gasteiger partial charge on any atom is -0.480 e. The van der Waals surface area contributed by atoms with E-state index in [4.69, 9.17) is 21.3 Å². The van der Waals surface area contributed by atoms with Gasteiger partial charge in [0.1, 0.15) is 17.1 Å². The standard InChI is InChI=1S/C24H23ClN4O2.C17H16IN3O2/c1-2-18-22(15-7-4-3-5-8-15)29-23(28-18)21-19(11-12-26-24(21)31)27-14-20(30)16-9-6-10-17(25)13-16;1-3-13-15(11-7-5-4-6-8-11)21(22)16(20-13)14-12(18)9-10-19-17(14)23-2/h3-13,20,30H,2,14H2,1H3,(H,28,29)(H2,26,27,31);4-10,22H,3H2,1-2H3. The van der Waals surface area contributed by atoms with Gasteiger partial charge in [-0.05, 0) is 65.3 Å². The monoisotopic (exact) mass is 855 g/mol. The minimum absolute atomic E-state index is 0.212. The van der Waals surface area contributed by atoms with Crippen LogP contribution >= 0.6 is 34.2 Å². The third kappa shape index (κ3) is 8.35. The molecule has 0 aliphatic rings.